The second-order valence-electron chi connectivity index (χ2n) is 2.33. The molecular formula is C8H7F3O. The molecule has 0 saturated carbocycles. The van der Waals surface area contributed by atoms with Crippen LogP contribution < -0.4 is 0 Å². The van der Waals surface area contributed by atoms with Crippen molar-refractivity contribution in [3.63, 3.8) is 0 Å². The van der Waals surface area contributed by atoms with Crippen LogP contribution >= 0.6 is 0 Å². The number of aliphatic hydroxyl groups excluding tert-OH is 1. The summed E-state index contributed by atoms with van der Waals surface area (Å²) < 4.78 is 36.0. The third kappa shape index (κ3) is 1.98. The third-order valence-corrected chi connectivity index (χ3v) is 1.45. The summed E-state index contributed by atoms with van der Waals surface area (Å²) in [5.41, 5.74) is 0.0198. The molecule has 0 aliphatic heterocycles. The van der Waals surface area contributed by atoms with Crippen molar-refractivity contribution in [2.75, 3.05) is 0 Å². The monoisotopic (exact) mass is 176 g/mol. The molecule has 0 aromatic heterocycles. The van der Waals surface area contributed by atoms with E-state index in [0.717, 1.165) is 24.3 Å². The predicted molar refractivity (Wildman–Crippen MR) is 37.4 cm³/mol. The van der Waals surface area contributed by atoms with Crippen LogP contribution in [0.4, 0.5) is 13.2 Å². The smallest absolute Gasteiger partial charge is 0.268 e. The van der Waals surface area contributed by atoms with E-state index >= 15 is 0 Å². The highest BCUT2D eigenvalue weighted by atomic mass is 19.3. The maximum atomic E-state index is 12.3. The standard InChI is InChI=1S/C8H7F3O/c9-6-3-1-5(2-4-6)7(12)8(10)11/h1-4,7-8,12H. The fourth-order valence-electron chi connectivity index (χ4n) is 0.805. The summed E-state index contributed by atoms with van der Waals surface area (Å²) in [5, 5.41) is 8.82. The molecule has 1 rings (SSSR count). The Bertz CT molecular complexity index is 245. The molecule has 0 saturated heterocycles. The van der Waals surface area contributed by atoms with Gasteiger partial charge in [-0.1, -0.05) is 12.1 Å². The van der Waals surface area contributed by atoms with Gasteiger partial charge < -0.3 is 5.11 Å². The molecule has 0 aliphatic rings. The van der Waals surface area contributed by atoms with Crippen LogP contribution in [-0.4, -0.2) is 11.5 Å². The molecule has 0 heterocycles. The molecule has 0 radical (unpaired) electrons. The van der Waals surface area contributed by atoms with Crippen LogP contribution in [0.3, 0.4) is 0 Å². The van der Waals surface area contributed by atoms with E-state index in [0.29, 0.717) is 0 Å². The van der Waals surface area contributed by atoms with Gasteiger partial charge in [0, 0.05) is 0 Å². The Morgan fingerprint density at radius 2 is 1.58 bits per heavy atom. The number of halogens is 3. The third-order valence-electron chi connectivity index (χ3n) is 1.45. The summed E-state index contributed by atoms with van der Waals surface area (Å²) in [6.45, 7) is 0. The Labute approximate surface area is 67.5 Å². The van der Waals surface area contributed by atoms with Crippen molar-refractivity contribution in [3.8, 4) is 0 Å². The van der Waals surface area contributed by atoms with Gasteiger partial charge >= 0.3 is 0 Å². The van der Waals surface area contributed by atoms with Crippen LogP contribution in [0.2, 0.25) is 0 Å². The maximum Gasteiger partial charge on any atom is 0.268 e. The molecule has 12 heavy (non-hydrogen) atoms. The molecule has 0 aliphatic carbocycles. The van der Waals surface area contributed by atoms with Crippen LogP contribution in [0, 0.1) is 5.82 Å². The highest BCUT2D eigenvalue weighted by Crippen LogP contribution is 2.19. The molecule has 1 aromatic carbocycles. The van der Waals surface area contributed by atoms with E-state index in [4.69, 9.17) is 5.11 Å². The van der Waals surface area contributed by atoms with E-state index in [1.54, 1.807) is 0 Å². The van der Waals surface area contributed by atoms with E-state index in [1.165, 1.54) is 0 Å². The van der Waals surface area contributed by atoms with Gasteiger partial charge in [0.25, 0.3) is 6.43 Å². The van der Waals surface area contributed by atoms with Gasteiger partial charge in [-0.25, -0.2) is 13.2 Å². The fourth-order valence-corrected chi connectivity index (χ4v) is 0.805. The number of alkyl halides is 2. The zero-order valence-corrected chi connectivity index (χ0v) is 6.05. The number of hydrogen-bond acceptors (Lipinski definition) is 1. The minimum absolute atomic E-state index is 0.0198. The highest BCUT2D eigenvalue weighted by Gasteiger charge is 2.18. The minimum Gasteiger partial charge on any atom is -0.382 e. The molecule has 66 valence electrons. The zero-order valence-electron chi connectivity index (χ0n) is 6.05. The van der Waals surface area contributed by atoms with Gasteiger partial charge in [0.05, 0.1) is 0 Å². The van der Waals surface area contributed by atoms with Gasteiger partial charge in [-0.3, -0.25) is 0 Å². The van der Waals surface area contributed by atoms with Crippen molar-refractivity contribution in [2.45, 2.75) is 12.5 Å². The first-order valence-corrected chi connectivity index (χ1v) is 3.33. The molecule has 1 atom stereocenters. The molecule has 4 heteroatoms. The van der Waals surface area contributed by atoms with Crippen LogP contribution in [0.1, 0.15) is 11.7 Å². The van der Waals surface area contributed by atoms with Crippen LogP contribution in [0.5, 0.6) is 0 Å². The van der Waals surface area contributed by atoms with Crippen LogP contribution in [0.15, 0.2) is 24.3 Å². The number of rotatable bonds is 2. The van der Waals surface area contributed by atoms with Crippen molar-refractivity contribution >= 4 is 0 Å². The molecule has 0 fully saturated rings. The summed E-state index contributed by atoms with van der Waals surface area (Å²) in [7, 11) is 0. The Morgan fingerprint density at radius 1 is 1.08 bits per heavy atom. The van der Waals surface area contributed by atoms with Gasteiger partial charge in [0.1, 0.15) is 11.9 Å². The molecule has 1 unspecified atom stereocenters. The van der Waals surface area contributed by atoms with E-state index in [9.17, 15) is 13.2 Å². The van der Waals surface area contributed by atoms with Crippen molar-refractivity contribution in [2.24, 2.45) is 0 Å². The topological polar surface area (TPSA) is 20.2 Å². The van der Waals surface area contributed by atoms with Gasteiger partial charge in [-0.05, 0) is 17.7 Å². The minimum atomic E-state index is -2.84. The molecule has 0 amide bonds. The maximum absolute atomic E-state index is 12.3. The summed E-state index contributed by atoms with van der Waals surface area (Å²) in [4.78, 5) is 0. The second kappa shape index (κ2) is 3.58. The molecular weight excluding hydrogens is 169 g/mol. The van der Waals surface area contributed by atoms with Gasteiger partial charge in [0.2, 0.25) is 0 Å². The lowest BCUT2D eigenvalue weighted by Crippen LogP contribution is -2.07. The van der Waals surface area contributed by atoms with E-state index in [2.05, 4.69) is 0 Å². The predicted octanol–water partition coefficient (Wildman–Crippen LogP) is 2.12. The highest BCUT2D eigenvalue weighted by molar-refractivity contribution is 5.18. The van der Waals surface area contributed by atoms with Crippen LogP contribution in [0.25, 0.3) is 0 Å². The molecule has 0 spiro atoms. The first-order chi connectivity index (χ1) is 5.61. The fraction of sp³-hybridized carbons (Fsp3) is 0.250. The lowest BCUT2D eigenvalue weighted by molar-refractivity contribution is -0.00581. The van der Waals surface area contributed by atoms with Gasteiger partial charge in [-0.15, -0.1) is 0 Å². The Morgan fingerprint density at radius 3 is 2.00 bits per heavy atom. The Kier molecular flexibility index (Phi) is 2.70. The lowest BCUT2D eigenvalue weighted by atomic mass is 10.1. The summed E-state index contributed by atoms with van der Waals surface area (Å²) in [6.07, 6.45) is -4.67. The second-order valence-corrected chi connectivity index (χ2v) is 2.33. The summed E-state index contributed by atoms with van der Waals surface area (Å²) in [5.74, 6) is -0.514. The van der Waals surface area contributed by atoms with Crippen molar-refractivity contribution < 1.29 is 18.3 Å². The zero-order chi connectivity index (χ0) is 9.14. The van der Waals surface area contributed by atoms with Crippen LogP contribution in [-0.2, 0) is 0 Å². The number of aliphatic hydroxyl groups is 1. The first-order valence-electron chi connectivity index (χ1n) is 3.33. The van der Waals surface area contributed by atoms with Crippen molar-refractivity contribution in [3.05, 3.63) is 35.6 Å². The first kappa shape index (κ1) is 9.06. The normalized spacial score (nSPS) is 13.4. The molecule has 1 aromatic rings. The van der Waals surface area contributed by atoms with Crippen molar-refractivity contribution in [1.29, 1.82) is 0 Å². The SMILES string of the molecule is OC(c1ccc(F)cc1)C(F)F. The quantitative estimate of drug-likeness (QED) is 0.731. The summed E-state index contributed by atoms with van der Waals surface area (Å²) >= 11 is 0. The van der Waals surface area contributed by atoms with E-state index < -0.39 is 18.3 Å². The molecule has 0 bridgehead atoms. The summed E-state index contributed by atoms with van der Waals surface area (Å²) in [6, 6.07) is 4.32. The van der Waals surface area contributed by atoms with Gasteiger partial charge in [0.15, 0.2) is 0 Å². The van der Waals surface area contributed by atoms with Gasteiger partial charge in [-0.2, -0.15) is 0 Å². The number of benzene rings is 1. The van der Waals surface area contributed by atoms with E-state index in [-0.39, 0.29) is 5.56 Å². The molecule has 1 nitrogen and oxygen atoms in total. The lowest BCUT2D eigenvalue weighted by Gasteiger charge is -2.08. The Balaban J connectivity index is 2.82. The molecule has 1 N–H and O–H groups in total. The average Bonchev–Trinajstić information content (AvgIpc) is 2.04. The average molecular weight is 176 g/mol. The van der Waals surface area contributed by atoms with E-state index in [1.807, 2.05) is 0 Å². The van der Waals surface area contributed by atoms with Crippen molar-refractivity contribution in [1.82, 2.24) is 0 Å². The Hall–Kier alpha value is -1.03. The number of hydrogen-bond donors (Lipinski definition) is 1. The largest absolute Gasteiger partial charge is 0.382 e.